The summed E-state index contributed by atoms with van der Waals surface area (Å²) in [7, 11) is -2.09. The Morgan fingerprint density at radius 2 is 2.00 bits per heavy atom. The van der Waals surface area contributed by atoms with Gasteiger partial charge < -0.3 is 4.74 Å². The van der Waals surface area contributed by atoms with Crippen LogP contribution in [0.15, 0.2) is 35.0 Å². The van der Waals surface area contributed by atoms with Gasteiger partial charge in [-0.3, -0.25) is 10.1 Å². The number of hydrogen-bond donors (Lipinski definition) is 1. The molecule has 0 radical (unpaired) electrons. The van der Waals surface area contributed by atoms with Crippen LogP contribution in [0.3, 0.4) is 0 Å². The lowest BCUT2D eigenvalue weighted by Gasteiger charge is -2.02. The van der Waals surface area contributed by atoms with Gasteiger partial charge in [-0.1, -0.05) is 12.1 Å². The maximum Gasteiger partial charge on any atom is 0.268 e. The third-order valence-corrected chi connectivity index (χ3v) is 5.97. The van der Waals surface area contributed by atoms with Crippen molar-refractivity contribution in [2.24, 2.45) is 0 Å². The van der Waals surface area contributed by atoms with Gasteiger partial charge >= 0.3 is 0 Å². The van der Waals surface area contributed by atoms with Crippen LogP contribution in [0.2, 0.25) is 0 Å². The Balaban J connectivity index is 2.18. The van der Waals surface area contributed by atoms with Crippen molar-refractivity contribution in [1.29, 1.82) is 5.26 Å². The predicted octanol–water partition coefficient (Wildman–Crippen LogP) is 2.27. The van der Waals surface area contributed by atoms with E-state index in [0.29, 0.717) is 11.3 Å². The van der Waals surface area contributed by atoms with Crippen molar-refractivity contribution in [2.45, 2.75) is 24.3 Å². The van der Waals surface area contributed by atoms with Gasteiger partial charge in [-0.15, -0.1) is 0 Å². The van der Waals surface area contributed by atoms with Gasteiger partial charge in [0.1, 0.15) is 17.4 Å². The van der Waals surface area contributed by atoms with Crippen LogP contribution in [0.1, 0.15) is 19.4 Å². The highest BCUT2D eigenvalue weighted by Crippen LogP contribution is 2.20. The average Bonchev–Trinajstić information content (AvgIpc) is 3.09. The molecule has 1 heterocycles. The zero-order valence-corrected chi connectivity index (χ0v) is 15.9. The fraction of sp³-hybridized carbons (Fsp3) is 0.250. The lowest BCUT2D eigenvalue weighted by atomic mass is 10.1. The molecular formula is C16H16N4O4S2. The number of anilines is 1. The number of nitrogens with zero attached hydrogens (tertiary/aromatic N) is 3. The maximum absolute atomic E-state index is 12.2. The van der Waals surface area contributed by atoms with E-state index in [1.165, 1.54) is 27.0 Å². The number of carbonyl (C=O) groups excluding carboxylic acids is 1. The van der Waals surface area contributed by atoms with Crippen LogP contribution in [0, 0.1) is 11.3 Å². The highest BCUT2D eigenvalue weighted by Gasteiger charge is 2.25. The molecule has 0 bridgehead atoms. The number of methoxy groups -OCH3 is 1. The minimum absolute atomic E-state index is 0.00473. The van der Waals surface area contributed by atoms with Crippen molar-refractivity contribution in [2.75, 3.05) is 12.4 Å². The molecule has 2 rings (SSSR count). The first-order valence-corrected chi connectivity index (χ1v) is 9.74. The normalized spacial score (nSPS) is 11.9. The van der Waals surface area contributed by atoms with Crippen LogP contribution in [0.4, 0.5) is 5.13 Å². The second-order valence-corrected chi connectivity index (χ2v) is 8.52. The number of benzene rings is 1. The van der Waals surface area contributed by atoms with Crippen molar-refractivity contribution in [1.82, 2.24) is 9.36 Å². The quantitative estimate of drug-likeness (QED) is 0.591. The summed E-state index contributed by atoms with van der Waals surface area (Å²) < 4.78 is 32.8. The van der Waals surface area contributed by atoms with Crippen molar-refractivity contribution >= 4 is 38.5 Å². The Labute approximate surface area is 155 Å². The lowest BCUT2D eigenvalue weighted by molar-refractivity contribution is -0.112. The molecule has 0 fully saturated rings. The Morgan fingerprint density at radius 3 is 2.54 bits per heavy atom. The van der Waals surface area contributed by atoms with E-state index in [1.54, 1.807) is 24.3 Å². The Morgan fingerprint density at radius 1 is 1.35 bits per heavy atom. The second-order valence-electron chi connectivity index (χ2n) is 5.37. The van der Waals surface area contributed by atoms with Gasteiger partial charge in [0, 0.05) is 11.5 Å². The number of rotatable bonds is 6. The van der Waals surface area contributed by atoms with Crippen LogP contribution >= 0.6 is 11.5 Å². The average molecular weight is 392 g/mol. The van der Waals surface area contributed by atoms with Gasteiger partial charge in [-0.05, 0) is 37.6 Å². The first-order valence-electron chi connectivity index (χ1n) is 7.42. The molecule has 0 aliphatic heterocycles. The Hall–Kier alpha value is -2.77. The lowest BCUT2D eigenvalue weighted by Crippen LogP contribution is -2.16. The first kappa shape index (κ1) is 19.6. The summed E-state index contributed by atoms with van der Waals surface area (Å²) in [6, 6.07) is 8.60. The highest BCUT2D eigenvalue weighted by molar-refractivity contribution is 7.91. The standard InChI is InChI=1S/C16H16N4O4S2/c1-10(2)26(22,23)16-19-15(25-20-16)18-14(21)12(9-17)8-11-4-6-13(24-3)7-5-11/h4-8,10H,1-3H3,(H,18,19,20,21)/b12-8-. The van der Waals surface area contributed by atoms with Gasteiger partial charge in [0.25, 0.3) is 11.1 Å². The third kappa shape index (κ3) is 4.44. The molecule has 0 saturated heterocycles. The second kappa shape index (κ2) is 8.07. The van der Waals surface area contributed by atoms with Crippen LogP contribution in [0.25, 0.3) is 6.08 Å². The van der Waals surface area contributed by atoms with Gasteiger partial charge in [0.15, 0.2) is 0 Å². The summed E-state index contributed by atoms with van der Waals surface area (Å²) in [5.74, 6) is -0.0502. The number of nitriles is 1. The van der Waals surface area contributed by atoms with Crippen molar-refractivity contribution in [3.05, 3.63) is 35.4 Å². The fourth-order valence-corrected chi connectivity index (χ4v) is 3.46. The van der Waals surface area contributed by atoms with Crippen LogP contribution < -0.4 is 10.1 Å². The number of sulfone groups is 1. The summed E-state index contributed by atoms with van der Waals surface area (Å²) in [6.45, 7) is 3.03. The van der Waals surface area contributed by atoms with Gasteiger partial charge in [-0.2, -0.15) is 14.6 Å². The zero-order valence-electron chi connectivity index (χ0n) is 14.3. The molecule has 2 aromatic rings. The number of aromatic nitrogens is 2. The molecule has 1 aromatic carbocycles. The molecule has 0 atom stereocenters. The van der Waals surface area contributed by atoms with E-state index in [2.05, 4.69) is 14.7 Å². The monoisotopic (exact) mass is 392 g/mol. The fourth-order valence-electron chi connectivity index (χ4n) is 1.77. The highest BCUT2D eigenvalue weighted by atomic mass is 32.2. The molecule has 136 valence electrons. The summed E-state index contributed by atoms with van der Waals surface area (Å²) in [4.78, 5) is 16.1. The van der Waals surface area contributed by atoms with Crippen LogP contribution in [0.5, 0.6) is 5.75 Å². The van der Waals surface area contributed by atoms with Crippen LogP contribution in [-0.4, -0.2) is 36.0 Å². The van der Waals surface area contributed by atoms with Crippen molar-refractivity contribution in [3.63, 3.8) is 0 Å². The van der Waals surface area contributed by atoms with Gasteiger partial charge in [0.2, 0.25) is 15.0 Å². The molecule has 0 saturated carbocycles. The summed E-state index contributed by atoms with van der Waals surface area (Å²) in [5, 5.41) is 10.6. The van der Waals surface area contributed by atoms with E-state index in [1.807, 2.05) is 6.07 Å². The number of nitrogens with one attached hydrogen (secondary N) is 1. The van der Waals surface area contributed by atoms with Crippen molar-refractivity contribution in [3.8, 4) is 11.8 Å². The molecule has 1 aromatic heterocycles. The van der Waals surface area contributed by atoms with E-state index in [4.69, 9.17) is 4.74 Å². The predicted molar refractivity (Wildman–Crippen MR) is 97.4 cm³/mol. The number of ether oxygens (including phenoxy) is 1. The van der Waals surface area contributed by atoms with E-state index in [9.17, 15) is 18.5 Å². The smallest absolute Gasteiger partial charge is 0.268 e. The topological polar surface area (TPSA) is 122 Å². The van der Waals surface area contributed by atoms with Crippen molar-refractivity contribution < 1.29 is 17.9 Å². The molecular weight excluding hydrogens is 376 g/mol. The molecule has 0 spiro atoms. The third-order valence-electron chi connectivity index (χ3n) is 3.29. The van der Waals surface area contributed by atoms with E-state index in [0.717, 1.165) is 11.5 Å². The SMILES string of the molecule is COc1ccc(/C=C(/C#N)C(=O)Nc2nc(S(=O)(=O)C(C)C)ns2)cc1. The molecule has 0 aliphatic carbocycles. The molecule has 1 amide bonds. The Bertz CT molecular complexity index is 970. The zero-order chi connectivity index (χ0) is 19.3. The molecule has 8 nitrogen and oxygen atoms in total. The maximum atomic E-state index is 12.2. The van der Waals surface area contributed by atoms with E-state index >= 15 is 0 Å². The molecule has 1 N–H and O–H groups in total. The molecule has 10 heteroatoms. The number of hydrogen-bond acceptors (Lipinski definition) is 8. The van der Waals surface area contributed by atoms with E-state index in [-0.39, 0.29) is 15.9 Å². The molecule has 0 aliphatic rings. The van der Waals surface area contributed by atoms with Gasteiger partial charge in [-0.25, -0.2) is 8.42 Å². The Kier molecular flexibility index (Phi) is 6.07. The largest absolute Gasteiger partial charge is 0.497 e. The van der Waals surface area contributed by atoms with Crippen LogP contribution in [-0.2, 0) is 14.6 Å². The first-order chi connectivity index (χ1) is 12.3. The van der Waals surface area contributed by atoms with E-state index < -0.39 is 21.0 Å². The summed E-state index contributed by atoms with van der Waals surface area (Å²) in [6.07, 6.45) is 1.40. The minimum atomic E-state index is -3.63. The number of carbonyl (C=O) groups is 1. The summed E-state index contributed by atoms with van der Waals surface area (Å²) >= 11 is 0.736. The molecule has 26 heavy (non-hydrogen) atoms. The number of amides is 1. The summed E-state index contributed by atoms with van der Waals surface area (Å²) in [5.41, 5.74) is 0.483. The van der Waals surface area contributed by atoms with Gasteiger partial charge in [0.05, 0.1) is 12.4 Å². The minimum Gasteiger partial charge on any atom is -0.497 e. The molecule has 0 unspecified atom stereocenters.